The van der Waals surface area contributed by atoms with E-state index in [1.54, 1.807) is 47.6 Å². The number of ether oxygens (including phenoxy) is 3. The first-order valence-corrected chi connectivity index (χ1v) is 21.1. The lowest BCUT2D eigenvalue weighted by molar-refractivity contribution is -0.371. The van der Waals surface area contributed by atoms with Gasteiger partial charge in [-0.25, -0.2) is 4.79 Å². The standard InChI is InChI=1S/C45H74O10/c1-12-35-17-15-13-14-16-26(3)39(48)30(7)41(50)32(9)43(52)33(10)42(51)31(8)40(49)27(4)18-21-38(47)53-44-29(6)36(20-19-35)54-45(34(44)11)23-22-25(2)37(55-45)24-28(5)46/h13-15,17-18,21,25-37,39-40,43-44,46,48-49,52H,12,16,19-20,22-24H2,1-11H3/b14-13+,17-15+,21-18+/t25-,26+,27-,28?,29+,30-,31-,32+,33-,34-,35-,36-,37-,39-,40-,43-,44+,45-/m1/s1. The Bertz CT molecular complexity index is 1340. The SMILES string of the molecule is CC[C@@H]1/C=C/C=C/C[C@H](C)[C@@H](O)[C@@H](C)C(=O)[C@H](C)[C@@H](O)[C@H](C)C(=O)[C@H](C)[C@H](O)[C@H](C)/C=C/C(=O)O[C@H]2[C@@H](C)[C@@H](CC1)O[C@@]1(CC[C@@H](C)[C@@H](CC(C)O)O1)[C@@H]2C. The maximum atomic E-state index is 13.5. The Hall–Kier alpha value is -2.21. The number of rotatable bonds is 3. The molecule has 10 nitrogen and oxygen atoms in total. The van der Waals surface area contributed by atoms with Crippen LogP contribution in [0.15, 0.2) is 36.5 Å². The first kappa shape index (κ1) is 47.2. The molecule has 0 amide bonds. The van der Waals surface area contributed by atoms with Gasteiger partial charge in [0.1, 0.15) is 17.7 Å². The smallest absolute Gasteiger partial charge is 0.330 e. The van der Waals surface area contributed by atoms with Crippen LogP contribution in [0.1, 0.15) is 121 Å². The first-order chi connectivity index (χ1) is 25.8. The number of fused-ring (bicyclic) bond motifs is 2. The van der Waals surface area contributed by atoms with E-state index >= 15 is 0 Å². The summed E-state index contributed by atoms with van der Waals surface area (Å²) in [6.07, 6.45) is 11.1. The highest BCUT2D eigenvalue weighted by molar-refractivity contribution is 5.87. The van der Waals surface area contributed by atoms with Gasteiger partial charge in [-0.1, -0.05) is 99.6 Å². The molecule has 1 spiro atoms. The van der Waals surface area contributed by atoms with E-state index < -0.39 is 77.6 Å². The Morgan fingerprint density at radius 2 is 1.36 bits per heavy atom. The molecule has 2 bridgehead atoms. The van der Waals surface area contributed by atoms with Crippen molar-refractivity contribution in [3.8, 4) is 0 Å². The van der Waals surface area contributed by atoms with E-state index in [0.29, 0.717) is 19.3 Å². The van der Waals surface area contributed by atoms with Crippen LogP contribution < -0.4 is 0 Å². The Morgan fingerprint density at radius 3 is 1.96 bits per heavy atom. The summed E-state index contributed by atoms with van der Waals surface area (Å²) < 4.78 is 20.0. The van der Waals surface area contributed by atoms with Crippen molar-refractivity contribution in [3.05, 3.63) is 36.5 Å². The van der Waals surface area contributed by atoms with Crippen molar-refractivity contribution < 1.29 is 49.0 Å². The molecule has 0 aliphatic carbocycles. The molecule has 0 radical (unpaired) electrons. The molecule has 0 aromatic carbocycles. The number of ketones is 2. The van der Waals surface area contributed by atoms with E-state index in [-0.39, 0.29) is 47.6 Å². The molecule has 2 saturated heterocycles. The van der Waals surface area contributed by atoms with Crippen LogP contribution in [0.2, 0.25) is 0 Å². The Kier molecular flexibility index (Phi) is 18.0. The molecule has 0 saturated carbocycles. The van der Waals surface area contributed by atoms with Gasteiger partial charge in [0.25, 0.3) is 0 Å². The minimum Gasteiger partial charge on any atom is -0.458 e. The van der Waals surface area contributed by atoms with Gasteiger partial charge in [-0.05, 0) is 63.2 Å². The number of carbonyl (C=O) groups excluding carboxylic acids is 3. The van der Waals surface area contributed by atoms with Crippen LogP contribution in [0.25, 0.3) is 0 Å². The van der Waals surface area contributed by atoms with Gasteiger partial charge in [-0.15, -0.1) is 0 Å². The number of aliphatic hydroxyl groups is 4. The lowest BCUT2D eigenvalue weighted by atomic mass is 9.74. The van der Waals surface area contributed by atoms with Crippen LogP contribution in [0, 0.1) is 59.2 Å². The van der Waals surface area contributed by atoms with Crippen molar-refractivity contribution >= 4 is 17.5 Å². The molecule has 4 N–H and O–H groups in total. The summed E-state index contributed by atoms with van der Waals surface area (Å²) in [7, 11) is 0. The molecule has 3 aliphatic rings. The second kappa shape index (κ2) is 21.0. The third kappa shape index (κ3) is 11.9. The van der Waals surface area contributed by atoms with Crippen LogP contribution >= 0.6 is 0 Å². The predicted octanol–water partition coefficient (Wildman–Crippen LogP) is 6.77. The van der Waals surface area contributed by atoms with E-state index in [4.69, 9.17) is 14.2 Å². The van der Waals surface area contributed by atoms with Crippen LogP contribution in [0.5, 0.6) is 0 Å². The van der Waals surface area contributed by atoms with Gasteiger partial charge >= 0.3 is 5.97 Å². The molecule has 3 heterocycles. The van der Waals surface area contributed by atoms with Gasteiger partial charge in [0.15, 0.2) is 5.79 Å². The van der Waals surface area contributed by atoms with Gasteiger partial charge in [0.2, 0.25) is 0 Å². The lowest BCUT2D eigenvalue weighted by Gasteiger charge is -2.55. The zero-order valence-electron chi connectivity index (χ0n) is 35.5. The van der Waals surface area contributed by atoms with E-state index in [0.717, 1.165) is 25.7 Å². The summed E-state index contributed by atoms with van der Waals surface area (Å²) in [5.41, 5.74) is 0. The quantitative estimate of drug-likeness (QED) is 0.226. The summed E-state index contributed by atoms with van der Waals surface area (Å²) in [6.45, 7) is 20.1. The fourth-order valence-corrected chi connectivity index (χ4v) is 8.95. The molecule has 18 atom stereocenters. The van der Waals surface area contributed by atoms with Crippen molar-refractivity contribution in [2.75, 3.05) is 0 Å². The highest BCUT2D eigenvalue weighted by atomic mass is 16.7. The summed E-state index contributed by atoms with van der Waals surface area (Å²) in [5.74, 6) is -6.53. The van der Waals surface area contributed by atoms with E-state index in [9.17, 15) is 34.8 Å². The first-order valence-electron chi connectivity index (χ1n) is 21.1. The maximum Gasteiger partial charge on any atom is 0.330 e. The maximum absolute atomic E-state index is 13.5. The number of carbonyl (C=O) groups is 3. The largest absolute Gasteiger partial charge is 0.458 e. The third-order valence-electron chi connectivity index (χ3n) is 13.4. The summed E-state index contributed by atoms with van der Waals surface area (Å²) in [5, 5.41) is 43.8. The number of aliphatic hydroxyl groups excluding tert-OH is 4. The van der Waals surface area contributed by atoms with Gasteiger partial charge in [-0.3, -0.25) is 9.59 Å². The third-order valence-corrected chi connectivity index (χ3v) is 13.4. The minimum atomic E-state index is -1.30. The average Bonchev–Trinajstić information content (AvgIpc) is 3.16. The van der Waals surface area contributed by atoms with Crippen LogP contribution in [0.3, 0.4) is 0 Å². The fraction of sp³-hybridized carbons (Fsp3) is 0.800. The molecule has 1 unspecified atom stereocenters. The zero-order chi connectivity index (χ0) is 41.4. The molecule has 2 fully saturated rings. The second-order valence-corrected chi connectivity index (χ2v) is 17.7. The molecular formula is C45H74O10. The number of Topliss-reactive ketones (excluding diaryl/α,β-unsaturated/α-hetero) is 2. The molecular weight excluding hydrogens is 700 g/mol. The average molecular weight is 775 g/mol. The number of hydrogen-bond acceptors (Lipinski definition) is 10. The molecule has 314 valence electrons. The van der Waals surface area contributed by atoms with Crippen molar-refractivity contribution in [1.29, 1.82) is 0 Å². The number of allylic oxidation sites excluding steroid dienone is 4. The monoisotopic (exact) mass is 775 g/mol. The molecule has 3 aliphatic heterocycles. The Balaban J connectivity index is 1.97. The molecule has 3 rings (SSSR count). The van der Waals surface area contributed by atoms with Crippen molar-refractivity contribution in [2.24, 2.45) is 59.2 Å². The minimum absolute atomic E-state index is 0.144. The van der Waals surface area contributed by atoms with Crippen molar-refractivity contribution in [1.82, 2.24) is 0 Å². The highest BCUT2D eigenvalue weighted by Gasteiger charge is 2.56. The second-order valence-electron chi connectivity index (χ2n) is 17.7. The molecule has 10 heteroatoms. The fourth-order valence-electron chi connectivity index (χ4n) is 8.95. The van der Waals surface area contributed by atoms with Crippen LogP contribution in [0.4, 0.5) is 0 Å². The summed E-state index contributed by atoms with van der Waals surface area (Å²) in [6, 6.07) is 0. The van der Waals surface area contributed by atoms with Crippen LogP contribution in [-0.4, -0.2) is 86.5 Å². The molecule has 55 heavy (non-hydrogen) atoms. The number of hydrogen-bond donors (Lipinski definition) is 4. The Morgan fingerprint density at radius 1 is 0.764 bits per heavy atom. The van der Waals surface area contributed by atoms with Gasteiger partial charge in [0.05, 0.1) is 36.6 Å². The Labute approximate surface area is 331 Å². The number of esters is 1. The van der Waals surface area contributed by atoms with Gasteiger partial charge in [0, 0.05) is 53.9 Å². The molecule has 0 aromatic rings. The van der Waals surface area contributed by atoms with Crippen LogP contribution in [-0.2, 0) is 28.6 Å². The van der Waals surface area contributed by atoms with Gasteiger partial charge < -0.3 is 34.6 Å². The predicted molar refractivity (Wildman–Crippen MR) is 213 cm³/mol. The summed E-state index contributed by atoms with van der Waals surface area (Å²) in [4.78, 5) is 40.4. The normalized spacial score (nSPS) is 46.1. The lowest BCUT2D eigenvalue weighted by Crippen LogP contribution is -2.62. The van der Waals surface area contributed by atoms with E-state index in [1.165, 1.54) is 6.08 Å². The van der Waals surface area contributed by atoms with Gasteiger partial charge in [-0.2, -0.15) is 0 Å². The summed E-state index contributed by atoms with van der Waals surface area (Å²) >= 11 is 0. The zero-order valence-corrected chi connectivity index (χ0v) is 35.5. The van der Waals surface area contributed by atoms with E-state index in [1.807, 2.05) is 32.1 Å². The van der Waals surface area contributed by atoms with Crippen molar-refractivity contribution in [2.45, 2.75) is 170 Å². The highest BCUT2D eigenvalue weighted by Crippen LogP contribution is 2.49. The van der Waals surface area contributed by atoms with Crippen molar-refractivity contribution in [3.63, 3.8) is 0 Å². The molecule has 0 aromatic heterocycles. The topological polar surface area (TPSA) is 160 Å². The van der Waals surface area contributed by atoms with E-state index in [2.05, 4.69) is 26.8 Å².